The first-order valence-electron chi connectivity index (χ1n) is 6.23. The fourth-order valence-corrected chi connectivity index (χ4v) is 2.27. The molecule has 0 saturated heterocycles. The molecule has 0 bridgehead atoms. The average molecular weight is 240 g/mol. The third-order valence-electron chi connectivity index (χ3n) is 3.31. The standard InChI is InChI=1S/C16H20N2/c1-11-6-7-15(12(2)8-11)16(18)14-5-3-4-13(9-14)10-17/h3-9,16H,10,17-18H2,1-2H3. The Labute approximate surface area is 109 Å². The van der Waals surface area contributed by atoms with E-state index >= 15 is 0 Å². The van der Waals surface area contributed by atoms with Crippen LogP contribution in [0.3, 0.4) is 0 Å². The minimum Gasteiger partial charge on any atom is -0.326 e. The Morgan fingerprint density at radius 1 is 1.06 bits per heavy atom. The molecule has 1 atom stereocenters. The van der Waals surface area contributed by atoms with Crippen LogP contribution in [0.2, 0.25) is 0 Å². The van der Waals surface area contributed by atoms with Crippen molar-refractivity contribution in [3.63, 3.8) is 0 Å². The molecule has 0 aliphatic carbocycles. The lowest BCUT2D eigenvalue weighted by molar-refractivity contribution is 0.856. The molecule has 2 aromatic carbocycles. The Morgan fingerprint density at radius 3 is 2.50 bits per heavy atom. The molecular formula is C16H20N2. The van der Waals surface area contributed by atoms with Crippen molar-refractivity contribution in [3.05, 3.63) is 70.3 Å². The summed E-state index contributed by atoms with van der Waals surface area (Å²) in [6, 6.07) is 14.5. The first kappa shape index (κ1) is 12.8. The molecule has 0 aliphatic heterocycles. The highest BCUT2D eigenvalue weighted by Gasteiger charge is 2.11. The molecule has 0 saturated carbocycles. The van der Waals surface area contributed by atoms with Gasteiger partial charge in [-0.1, -0.05) is 48.0 Å². The number of rotatable bonds is 3. The van der Waals surface area contributed by atoms with Gasteiger partial charge in [0.25, 0.3) is 0 Å². The zero-order valence-electron chi connectivity index (χ0n) is 11.0. The Bertz CT molecular complexity index is 547. The van der Waals surface area contributed by atoms with E-state index < -0.39 is 0 Å². The van der Waals surface area contributed by atoms with Crippen molar-refractivity contribution >= 4 is 0 Å². The summed E-state index contributed by atoms with van der Waals surface area (Å²) in [5.41, 5.74) is 17.9. The van der Waals surface area contributed by atoms with Crippen LogP contribution in [0.15, 0.2) is 42.5 Å². The van der Waals surface area contributed by atoms with Crippen molar-refractivity contribution in [1.82, 2.24) is 0 Å². The maximum atomic E-state index is 6.35. The average Bonchev–Trinajstić information content (AvgIpc) is 2.38. The zero-order valence-corrected chi connectivity index (χ0v) is 11.0. The summed E-state index contributed by atoms with van der Waals surface area (Å²) >= 11 is 0. The van der Waals surface area contributed by atoms with Gasteiger partial charge in [-0.05, 0) is 36.1 Å². The quantitative estimate of drug-likeness (QED) is 0.866. The second-order valence-corrected chi connectivity index (χ2v) is 4.79. The van der Waals surface area contributed by atoms with Gasteiger partial charge >= 0.3 is 0 Å². The van der Waals surface area contributed by atoms with Crippen LogP contribution in [-0.2, 0) is 6.54 Å². The Morgan fingerprint density at radius 2 is 1.83 bits per heavy atom. The van der Waals surface area contributed by atoms with E-state index in [1.807, 2.05) is 12.1 Å². The highest BCUT2D eigenvalue weighted by Crippen LogP contribution is 2.24. The van der Waals surface area contributed by atoms with Gasteiger partial charge in [-0.3, -0.25) is 0 Å². The summed E-state index contributed by atoms with van der Waals surface area (Å²) in [5.74, 6) is 0. The first-order valence-corrected chi connectivity index (χ1v) is 6.23. The van der Waals surface area contributed by atoms with Crippen LogP contribution in [0.5, 0.6) is 0 Å². The summed E-state index contributed by atoms with van der Waals surface area (Å²) < 4.78 is 0. The number of aryl methyl sites for hydroxylation is 2. The summed E-state index contributed by atoms with van der Waals surface area (Å²) in [6.45, 7) is 4.75. The molecule has 2 aromatic rings. The number of hydrogen-bond acceptors (Lipinski definition) is 2. The maximum absolute atomic E-state index is 6.35. The van der Waals surface area contributed by atoms with Crippen LogP contribution in [-0.4, -0.2) is 0 Å². The van der Waals surface area contributed by atoms with E-state index in [1.54, 1.807) is 0 Å². The van der Waals surface area contributed by atoms with Crippen molar-refractivity contribution in [1.29, 1.82) is 0 Å². The van der Waals surface area contributed by atoms with Gasteiger partial charge in [0.05, 0.1) is 6.04 Å². The molecule has 0 fully saturated rings. The molecule has 1 unspecified atom stereocenters. The van der Waals surface area contributed by atoms with Gasteiger partial charge in [0, 0.05) is 6.54 Å². The Balaban J connectivity index is 2.37. The second kappa shape index (κ2) is 5.34. The van der Waals surface area contributed by atoms with E-state index in [2.05, 4.69) is 44.2 Å². The summed E-state index contributed by atoms with van der Waals surface area (Å²) in [7, 11) is 0. The lowest BCUT2D eigenvalue weighted by Gasteiger charge is -2.16. The monoisotopic (exact) mass is 240 g/mol. The maximum Gasteiger partial charge on any atom is 0.0554 e. The van der Waals surface area contributed by atoms with Crippen LogP contribution in [0, 0.1) is 13.8 Å². The smallest absolute Gasteiger partial charge is 0.0554 e. The molecular weight excluding hydrogens is 220 g/mol. The molecule has 0 spiro atoms. The van der Waals surface area contributed by atoms with Gasteiger partial charge < -0.3 is 11.5 Å². The van der Waals surface area contributed by atoms with Crippen molar-refractivity contribution in [2.24, 2.45) is 11.5 Å². The first-order chi connectivity index (χ1) is 8.61. The second-order valence-electron chi connectivity index (χ2n) is 4.79. The topological polar surface area (TPSA) is 52.0 Å². The lowest BCUT2D eigenvalue weighted by Crippen LogP contribution is -2.14. The van der Waals surface area contributed by atoms with Crippen LogP contribution in [0.25, 0.3) is 0 Å². The van der Waals surface area contributed by atoms with Crippen molar-refractivity contribution in [2.45, 2.75) is 26.4 Å². The fourth-order valence-electron chi connectivity index (χ4n) is 2.27. The third kappa shape index (κ3) is 2.61. The Hall–Kier alpha value is -1.64. The highest BCUT2D eigenvalue weighted by atomic mass is 14.6. The van der Waals surface area contributed by atoms with E-state index in [1.165, 1.54) is 16.7 Å². The minimum absolute atomic E-state index is 0.0860. The largest absolute Gasteiger partial charge is 0.326 e. The minimum atomic E-state index is -0.0860. The van der Waals surface area contributed by atoms with E-state index in [9.17, 15) is 0 Å². The van der Waals surface area contributed by atoms with Crippen LogP contribution < -0.4 is 11.5 Å². The van der Waals surface area contributed by atoms with Gasteiger partial charge in [0.2, 0.25) is 0 Å². The normalized spacial score (nSPS) is 12.4. The molecule has 0 amide bonds. The van der Waals surface area contributed by atoms with Crippen molar-refractivity contribution < 1.29 is 0 Å². The lowest BCUT2D eigenvalue weighted by atomic mass is 9.94. The van der Waals surface area contributed by atoms with Crippen molar-refractivity contribution in [2.75, 3.05) is 0 Å². The van der Waals surface area contributed by atoms with Crippen LogP contribution in [0.1, 0.15) is 33.9 Å². The van der Waals surface area contributed by atoms with E-state index in [-0.39, 0.29) is 6.04 Å². The molecule has 94 valence electrons. The molecule has 2 rings (SSSR count). The summed E-state index contributed by atoms with van der Waals surface area (Å²) in [4.78, 5) is 0. The number of hydrogen-bond donors (Lipinski definition) is 2. The molecule has 0 aromatic heterocycles. The van der Waals surface area contributed by atoms with Gasteiger partial charge in [0.15, 0.2) is 0 Å². The van der Waals surface area contributed by atoms with E-state index in [4.69, 9.17) is 11.5 Å². The summed E-state index contributed by atoms with van der Waals surface area (Å²) in [5, 5.41) is 0. The van der Waals surface area contributed by atoms with Gasteiger partial charge in [-0.25, -0.2) is 0 Å². The molecule has 0 radical (unpaired) electrons. The van der Waals surface area contributed by atoms with Crippen molar-refractivity contribution in [3.8, 4) is 0 Å². The predicted molar refractivity (Wildman–Crippen MR) is 76.3 cm³/mol. The summed E-state index contributed by atoms with van der Waals surface area (Å²) in [6.07, 6.45) is 0. The molecule has 0 heterocycles. The third-order valence-corrected chi connectivity index (χ3v) is 3.31. The Kier molecular flexibility index (Phi) is 3.80. The molecule has 18 heavy (non-hydrogen) atoms. The SMILES string of the molecule is Cc1ccc(C(N)c2cccc(CN)c2)c(C)c1. The number of nitrogens with two attached hydrogens (primary N) is 2. The number of benzene rings is 2. The molecule has 2 heteroatoms. The molecule has 2 nitrogen and oxygen atoms in total. The van der Waals surface area contributed by atoms with Crippen LogP contribution in [0.4, 0.5) is 0 Å². The van der Waals surface area contributed by atoms with Crippen LogP contribution >= 0.6 is 0 Å². The van der Waals surface area contributed by atoms with E-state index in [0.717, 1.165) is 11.1 Å². The van der Waals surface area contributed by atoms with Gasteiger partial charge in [0.1, 0.15) is 0 Å². The zero-order chi connectivity index (χ0) is 13.1. The molecule has 4 N–H and O–H groups in total. The van der Waals surface area contributed by atoms with Gasteiger partial charge in [-0.15, -0.1) is 0 Å². The fraction of sp³-hybridized carbons (Fsp3) is 0.250. The molecule has 0 aliphatic rings. The predicted octanol–water partition coefficient (Wildman–Crippen LogP) is 2.81. The van der Waals surface area contributed by atoms with Gasteiger partial charge in [-0.2, -0.15) is 0 Å². The highest BCUT2D eigenvalue weighted by molar-refractivity contribution is 5.39. The van der Waals surface area contributed by atoms with E-state index in [0.29, 0.717) is 6.54 Å².